The molecule has 2 fully saturated rings. The first-order valence-corrected chi connectivity index (χ1v) is 7.93. The third-order valence-electron chi connectivity index (χ3n) is 4.93. The molecule has 112 valence electrons. The van der Waals surface area contributed by atoms with E-state index in [1.807, 2.05) is 0 Å². The van der Waals surface area contributed by atoms with Gasteiger partial charge in [-0.15, -0.1) is 0 Å². The monoisotopic (exact) mass is 293 g/mol. The summed E-state index contributed by atoms with van der Waals surface area (Å²) in [6.45, 7) is 1.03. The normalized spacial score (nSPS) is 23.7. The van der Waals surface area contributed by atoms with Crippen LogP contribution in [0.2, 0.25) is 0 Å². The van der Waals surface area contributed by atoms with Crippen LogP contribution < -0.4 is 0 Å². The first-order chi connectivity index (χ1) is 10.9. The predicted molar refractivity (Wildman–Crippen MR) is 87.2 cm³/mol. The van der Waals surface area contributed by atoms with E-state index in [2.05, 4.69) is 65.5 Å². The van der Waals surface area contributed by atoms with Crippen LogP contribution >= 0.6 is 0 Å². The Balaban J connectivity index is 1.90. The highest BCUT2D eigenvalue weighted by Gasteiger charge is 2.59. The fourth-order valence-electron chi connectivity index (χ4n) is 4.03. The molecule has 0 saturated carbocycles. The lowest BCUT2D eigenvalue weighted by molar-refractivity contribution is 0.0883. The molecule has 1 atom stereocenters. The van der Waals surface area contributed by atoms with E-state index in [4.69, 9.17) is 9.31 Å². The van der Waals surface area contributed by atoms with E-state index >= 15 is 0 Å². The number of nitrogens with zero attached hydrogens (tertiary/aromatic N) is 1. The number of hydrogen-bond donors (Lipinski definition) is 0. The molecule has 3 nitrogen and oxygen atoms in total. The Bertz CT molecular complexity index is 595. The molecule has 2 aliphatic rings. The summed E-state index contributed by atoms with van der Waals surface area (Å²) in [6, 6.07) is 21.4. The molecular weight excluding hydrogens is 273 g/mol. The van der Waals surface area contributed by atoms with Gasteiger partial charge >= 0.3 is 7.25 Å². The van der Waals surface area contributed by atoms with Crippen molar-refractivity contribution < 1.29 is 9.31 Å². The Morgan fingerprint density at radius 3 is 2.18 bits per heavy atom. The summed E-state index contributed by atoms with van der Waals surface area (Å²) in [5.74, 6) is 0. The van der Waals surface area contributed by atoms with Gasteiger partial charge in [-0.2, -0.15) is 0 Å². The van der Waals surface area contributed by atoms with Gasteiger partial charge in [-0.1, -0.05) is 60.7 Å². The number of hydrogen-bond acceptors (Lipinski definition) is 3. The van der Waals surface area contributed by atoms with E-state index in [1.54, 1.807) is 7.11 Å². The van der Waals surface area contributed by atoms with Crippen molar-refractivity contribution >= 4 is 7.25 Å². The van der Waals surface area contributed by atoms with Gasteiger partial charge in [-0.05, 0) is 30.5 Å². The minimum absolute atomic E-state index is 0.270. The average molecular weight is 293 g/mol. The van der Waals surface area contributed by atoms with E-state index in [9.17, 15) is 0 Å². The van der Waals surface area contributed by atoms with Crippen LogP contribution in [0.3, 0.4) is 0 Å². The molecule has 2 aromatic rings. The molecule has 0 aromatic heterocycles. The smallest absolute Gasteiger partial charge is 0.400 e. The molecule has 2 aliphatic heterocycles. The van der Waals surface area contributed by atoms with Crippen molar-refractivity contribution in [1.82, 2.24) is 4.81 Å². The van der Waals surface area contributed by atoms with Crippen molar-refractivity contribution in [1.29, 1.82) is 0 Å². The second kappa shape index (κ2) is 5.54. The molecule has 0 amide bonds. The molecule has 4 rings (SSSR count). The fraction of sp³-hybridized carbons (Fsp3) is 0.333. The van der Waals surface area contributed by atoms with Crippen LogP contribution in [0.15, 0.2) is 60.7 Å². The molecule has 0 bridgehead atoms. The zero-order chi connectivity index (χ0) is 15.0. The summed E-state index contributed by atoms with van der Waals surface area (Å²) in [4.78, 5) is 2.36. The molecule has 0 radical (unpaired) electrons. The fourth-order valence-corrected chi connectivity index (χ4v) is 4.03. The van der Waals surface area contributed by atoms with Crippen molar-refractivity contribution in [2.75, 3.05) is 13.7 Å². The number of rotatable bonds is 3. The Morgan fingerprint density at radius 2 is 1.64 bits per heavy atom. The lowest BCUT2D eigenvalue weighted by Crippen LogP contribution is -2.41. The van der Waals surface area contributed by atoms with Gasteiger partial charge in [-0.3, -0.25) is 4.81 Å². The molecule has 2 heterocycles. The second-order valence-corrected chi connectivity index (χ2v) is 6.02. The standard InChI is InChI=1S/C18H20BNO2/c1-21-19-20-14-8-13-17(20)18(22-19,15-9-4-2-5-10-15)16-11-6-3-7-12-16/h2-7,9-12,17H,8,13-14H2,1H3/t17-/m0/s1. The number of benzene rings is 2. The van der Waals surface area contributed by atoms with Gasteiger partial charge in [0.2, 0.25) is 0 Å². The minimum Gasteiger partial charge on any atom is -0.400 e. The zero-order valence-electron chi connectivity index (χ0n) is 12.8. The largest absolute Gasteiger partial charge is 0.558 e. The Kier molecular flexibility index (Phi) is 3.53. The van der Waals surface area contributed by atoms with Gasteiger partial charge < -0.3 is 9.31 Å². The van der Waals surface area contributed by atoms with E-state index in [0.717, 1.165) is 13.0 Å². The van der Waals surface area contributed by atoms with Crippen molar-refractivity contribution in [2.45, 2.75) is 24.5 Å². The molecule has 22 heavy (non-hydrogen) atoms. The second-order valence-electron chi connectivity index (χ2n) is 6.02. The quantitative estimate of drug-likeness (QED) is 0.812. The lowest BCUT2D eigenvalue weighted by Gasteiger charge is -2.35. The maximum atomic E-state index is 6.54. The first-order valence-electron chi connectivity index (χ1n) is 7.93. The minimum atomic E-state index is -0.445. The molecular formula is C18H20BNO2. The third kappa shape index (κ3) is 1.95. The molecule has 2 aromatic carbocycles. The summed E-state index contributed by atoms with van der Waals surface area (Å²) < 4.78 is 12.2. The predicted octanol–water partition coefficient (Wildman–Crippen LogP) is 3.06. The Hall–Kier alpha value is -1.62. The number of fused-ring (bicyclic) bond motifs is 1. The SMILES string of the molecule is COB1OC(c2ccccc2)(c2ccccc2)[C@@H]2CCCN12. The van der Waals surface area contributed by atoms with Gasteiger partial charge in [0.1, 0.15) is 5.60 Å². The summed E-state index contributed by atoms with van der Waals surface area (Å²) >= 11 is 0. The van der Waals surface area contributed by atoms with Gasteiger partial charge in [-0.25, -0.2) is 0 Å². The van der Waals surface area contributed by atoms with Gasteiger partial charge in [0, 0.05) is 13.2 Å². The molecule has 0 unspecified atom stereocenters. The molecule has 0 N–H and O–H groups in total. The first kappa shape index (κ1) is 14.0. The summed E-state index contributed by atoms with van der Waals surface area (Å²) in [6.07, 6.45) is 2.32. The highest BCUT2D eigenvalue weighted by Crippen LogP contribution is 2.48. The maximum absolute atomic E-state index is 6.54. The van der Waals surface area contributed by atoms with Crippen LogP contribution in [0, 0.1) is 0 Å². The van der Waals surface area contributed by atoms with Crippen molar-refractivity contribution in [2.24, 2.45) is 0 Å². The molecule has 2 saturated heterocycles. The summed E-state index contributed by atoms with van der Waals surface area (Å²) in [5, 5.41) is 0. The van der Waals surface area contributed by atoms with Crippen LogP contribution in [-0.4, -0.2) is 31.8 Å². The summed E-state index contributed by atoms with van der Waals surface area (Å²) in [5.41, 5.74) is 1.97. The molecule has 0 spiro atoms. The lowest BCUT2D eigenvalue weighted by atomic mass is 9.79. The van der Waals surface area contributed by atoms with Gasteiger partial charge in [0.15, 0.2) is 0 Å². The highest BCUT2D eigenvalue weighted by molar-refractivity contribution is 6.42. The van der Waals surface area contributed by atoms with Gasteiger partial charge in [0.05, 0.1) is 0 Å². The Morgan fingerprint density at radius 1 is 1.05 bits per heavy atom. The average Bonchev–Trinajstić information content (AvgIpc) is 3.18. The van der Waals surface area contributed by atoms with E-state index in [-0.39, 0.29) is 7.25 Å². The maximum Gasteiger partial charge on any atom is 0.558 e. The van der Waals surface area contributed by atoms with Crippen molar-refractivity contribution in [3.05, 3.63) is 71.8 Å². The zero-order valence-corrected chi connectivity index (χ0v) is 12.8. The third-order valence-corrected chi connectivity index (χ3v) is 4.93. The molecule has 4 heteroatoms. The molecule has 0 aliphatic carbocycles. The van der Waals surface area contributed by atoms with Crippen molar-refractivity contribution in [3.63, 3.8) is 0 Å². The van der Waals surface area contributed by atoms with Crippen LogP contribution in [0.5, 0.6) is 0 Å². The van der Waals surface area contributed by atoms with Crippen molar-refractivity contribution in [3.8, 4) is 0 Å². The van der Waals surface area contributed by atoms with E-state index < -0.39 is 5.60 Å². The van der Waals surface area contributed by atoms with E-state index in [1.165, 1.54) is 17.5 Å². The Labute approximate surface area is 132 Å². The van der Waals surface area contributed by atoms with Crippen LogP contribution in [-0.2, 0) is 14.9 Å². The highest BCUT2D eigenvalue weighted by atomic mass is 16.6. The van der Waals surface area contributed by atoms with E-state index in [0.29, 0.717) is 6.04 Å². The summed E-state index contributed by atoms with van der Waals surface area (Å²) in [7, 11) is 1.46. The van der Waals surface area contributed by atoms with Crippen LogP contribution in [0.1, 0.15) is 24.0 Å². The topological polar surface area (TPSA) is 21.7 Å². The van der Waals surface area contributed by atoms with Gasteiger partial charge in [0.25, 0.3) is 0 Å². The van der Waals surface area contributed by atoms with Crippen LogP contribution in [0.25, 0.3) is 0 Å². The van der Waals surface area contributed by atoms with Crippen LogP contribution in [0.4, 0.5) is 0 Å².